The quantitative estimate of drug-likeness (QED) is 0.842. The number of piperidine rings is 1. The van der Waals surface area contributed by atoms with E-state index in [0.29, 0.717) is 12.6 Å². The molecule has 0 atom stereocenters. The third kappa shape index (κ3) is 3.61. The van der Waals surface area contributed by atoms with Crippen LogP contribution in [0, 0.1) is 6.92 Å². The van der Waals surface area contributed by atoms with Gasteiger partial charge >= 0.3 is 0 Å². The van der Waals surface area contributed by atoms with Crippen LogP contribution in [0.15, 0.2) is 18.5 Å². The van der Waals surface area contributed by atoms with Crippen LogP contribution in [0.2, 0.25) is 0 Å². The summed E-state index contributed by atoms with van der Waals surface area (Å²) in [5.74, 6) is 1.12. The molecule has 0 aromatic carbocycles. The molecule has 0 N–H and O–H groups in total. The average Bonchev–Trinajstić information content (AvgIpc) is 3.21. The highest BCUT2D eigenvalue weighted by Crippen LogP contribution is 2.26. The number of aromatic nitrogens is 3. The van der Waals surface area contributed by atoms with E-state index in [2.05, 4.69) is 14.8 Å². The summed E-state index contributed by atoms with van der Waals surface area (Å²) in [6, 6.07) is 4.30. The average molecular weight is 334 g/mol. The summed E-state index contributed by atoms with van der Waals surface area (Å²) in [4.78, 5) is 16.5. The maximum Gasteiger partial charge on any atom is 0.263 e. The number of thiophene rings is 1. The molecule has 3 heterocycles. The fourth-order valence-electron chi connectivity index (χ4n) is 3.00. The zero-order valence-corrected chi connectivity index (χ0v) is 14.4. The molecule has 1 amide bonds. The first-order valence-corrected chi connectivity index (χ1v) is 8.73. The van der Waals surface area contributed by atoms with Crippen LogP contribution >= 0.6 is 11.3 Å². The lowest BCUT2D eigenvalue weighted by molar-refractivity contribution is 0.0698. The summed E-state index contributed by atoms with van der Waals surface area (Å²) < 4.78 is 7.27. The lowest BCUT2D eigenvalue weighted by atomic mass is 10.0. The summed E-state index contributed by atoms with van der Waals surface area (Å²) in [5, 5.41) is 8.22. The van der Waals surface area contributed by atoms with E-state index >= 15 is 0 Å². The SMILES string of the molecule is COCCc1nncn1C1CCN(C(=O)c2ccc(C)s2)CC1. The molecule has 2 aromatic heterocycles. The van der Waals surface area contributed by atoms with Gasteiger partial charge in [-0.2, -0.15) is 0 Å². The highest BCUT2D eigenvalue weighted by molar-refractivity contribution is 7.13. The van der Waals surface area contributed by atoms with Gasteiger partial charge in [-0.1, -0.05) is 0 Å². The molecule has 1 aliphatic rings. The van der Waals surface area contributed by atoms with Gasteiger partial charge in [-0.15, -0.1) is 21.5 Å². The van der Waals surface area contributed by atoms with Gasteiger partial charge in [-0.25, -0.2) is 0 Å². The number of hydrogen-bond donors (Lipinski definition) is 0. The Morgan fingerprint density at radius 1 is 1.39 bits per heavy atom. The molecule has 0 bridgehead atoms. The normalized spacial score (nSPS) is 16.0. The Balaban J connectivity index is 1.60. The predicted molar refractivity (Wildman–Crippen MR) is 88.8 cm³/mol. The van der Waals surface area contributed by atoms with Crippen molar-refractivity contribution in [1.82, 2.24) is 19.7 Å². The van der Waals surface area contributed by atoms with E-state index in [9.17, 15) is 4.79 Å². The minimum atomic E-state index is 0.157. The van der Waals surface area contributed by atoms with Crippen LogP contribution in [0.25, 0.3) is 0 Å². The van der Waals surface area contributed by atoms with Crippen LogP contribution in [0.1, 0.15) is 39.3 Å². The van der Waals surface area contributed by atoms with Crippen molar-refractivity contribution in [2.24, 2.45) is 0 Å². The van der Waals surface area contributed by atoms with Gasteiger partial charge in [-0.3, -0.25) is 4.79 Å². The molecule has 1 fully saturated rings. The number of methoxy groups -OCH3 is 1. The van der Waals surface area contributed by atoms with Crippen molar-refractivity contribution < 1.29 is 9.53 Å². The van der Waals surface area contributed by atoms with Crippen molar-refractivity contribution >= 4 is 17.2 Å². The summed E-state index contributed by atoms with van der Waals surface area (Å²) in [5.41, 5.74) is 0. The number of amides is 1. The molecule has 23 heavy (non-hydrogen) atoms. The van der Waals surface area contributed by atoms with E-state index in [-0.39, 0.29) is 5.91 Å². The molecule has 0 aliphatic carbocycles. The van der Waals surface area contributed by atoms with E-state index in [0.717, 1.165) is 43.1 Å². The van der Waals surface area contributed by atoms with E-state index in [4.69, 9.17) is 4.74 Å². The van der Waals surface area contributed by atoms with Gasteiger partial charge in [0.25, 0.3) is 5.91 Å². The Morgan fingerprint density at radius 3 is 2.83 bits per heavy atom. The standard InChI is InChI=1S/C16H22N4O2S/c1-12-3-4-14(23-12)16(21)19-8-5-13(6-9-19)20-11-17-18-15(20)7-10-22-2/h3-4,11,13H,5-10H2,1-2H3. The van der Waals surface area contributed by atoms with Crippen LogP contribution in [-0.4, -0.2) is 52.4 Å². The smallest absolute Gasteiger partial charge is 0.263 e. The van der Waals surface area contributed by atoms with E-state index in [1.807, 2.05) is 24.0 Å². The maximum absolute atomic E-state index is 12.5. The number of nitrogens with zero attached hydrogens (tertiary/aromatic N) is 4. The number of carbonyl (C=O) groups excluding carboxylic acids is 1. The van der Waals surface area contributed by atoms with Crippen LogP contribution in [0.4, 0.5) is 0 Å². The van der Waals surface area contributed by atoms with Gasteiger partial charge in [0, 0.05) is 37.5 Å². The van der Waals surface area contributed by atoms with Crippen LogP contribution < -0.4 is 0 Å². The van der Waals surface area contributed by atoms with Crippen molar-refractivity contribution in [3.8, 4) is 0 Å². The summed E-state index contributed by atoms with van der Waals surface area (Å²) >= 11 is 1.57. The highest BCUT2D eigenvalue weighted by Gasteiger charge is 2.26. The number of hydrogen-bond acceptors (Lipinski definition) is 5. The third-order valence-corrected chi connectivity index (χ3v) is 5.26. The van der Waals surface area contributed by atoms with Gasteiger partial charge in [0.2, 0.25) is 0 Å². The Labute approximate surface area is 140 Å². The topological polar surface area (TPSA) is 60.3 Å². The summed E-state index contributed by atoms with van der Waals surface area (Å²) in [6.07, 6.45) is 4.45. The van der Waals surface area contributed by atoms with E-state index < -0.39 is 0 Å². The van der Waals surface area contributed by atoms with Crippen molar-refractivity contribution in [3.63, 3.8) is 0 Å². The number of aryl methyl sites for hydroxylation is 1. The monoisotopic (exact) mass is 334 g/mol. The fourth-order valence-corrected chi connectivity index (χ4v) is 3.83. The third-order valence-electron chi connectivity index (χ3n) is 4.27. The molecule has 0 spiro atoms. The molecule has 0 saturated carbocycles. The molecule has 1 aliphatic heterocycles. The first kappa shape index (κ1) is 16.1. The van der Waals surface area contributed by atoms with Gasteiger partial charge < -0.3 is 14.2 Å². The highest BCUT2D eigenvalue weighted by atomic mass is 32.1. The molecule has 2 aromatic rings. The molecule has 124 valence electrons. The Morgan fingerprint density at radius 2 is 2.17 bits per heavy atom. The van der Waals surface area contributed by atoms with Crippen molar-refractivity contribution in [3.05, 3.63) is 34.0 Å². The first-order chi connectivity index (χ1) is 11.2. The molecular weight excluding hydrogens is 312 g/mol. The second-order valence-electron chi connectivity index (χ2n) is 5.83. The number of carbonyl (C=O) groups is 1. The van der Waals surface area contributed by atoms with Gasteiger partial charge in [0.1, 0.15) is 12.2 Å². The number of rotatable bonds is 5. The van der Waals surface area contributed by atoms with Gasteiger partial charge in [0.05, 0.1) is 11.5 Å². The Bertz CT molecular complexity index is 659. The van der Waals surface area contributed by atoms with Gasteiger partial charge in [-0.05, 0) is 31.9 Å². The molecule has 1 saturated heterocycles. The molecule has 0 radical (unpaired) electrons. The molecular formula is C16H22N4O2S. The van der Waals surface area contributed by atoms with E-state index in [1.165, 1.54) is 4.88 Å². The Kier molecular flexibility index (Phi) is 5.07. The number of ether oxygens (including phenoxy) is 1. The first-order valence-electron chi connectivity index (χ1n) is 7.92. The van der Waals surface area contributed by atoms with Crippen LogP contribution in [-0.2, 0) is 11.2 Å². The largest absolute Gasteiger partial charge is 0.384 e. The molecule has 7 heteroatoms. The van der Waals surface area contributed by atoms with Crippen LogP contribution in [0.5, 0.6) is 0 Å². The zero-order valence-electron chi connectivity index (χ0n) is 13.6. The maximum atomic E-state index is 12.5. The Hall–Kier alpha value is -1.73. The minimum Gasteiger partial charge on any atom is -0.384 e. The van der Waals surface area contributed by atoms with Crippen molar-refractivity contribution in [2.75, 3.05) is 26.8 Å². The van der Waals surface area contributed by atoms with Crippen molar-refractivity contribution in [1.29, 1.82) is 0 Å². The lowest BCUT2D eigenvalue weighted by Crippen LogP contribution is -2.39. The number of likely N-dealkylation sites (tertiary alicyclic amines) is 1. The van der Waals surface area contributed by atoms with E-state index in [1.54, 1.807) is 24.8 Å². The second-order valence-corrected chi connectivity index (χ2v) is 7.12. The van der Waals surface area contributed by atoms with Gasteiger partial charge in [0.15, 0.2) is 0 Å². The molecule has 3 rings (SSSR count). The summed E-state index contributed by atoms with van der Waals surface area (Å²) in [7, 11) is 1.69. The molecule has 0 unspecified atom stereocenters. The van der Waals surface area contributed by atoms with Crippen molar-refractivity contribution in [2.45, 2.75) is 32.2 Å². The lowest BCUT2D eigenvalue weighted by Gasteiger charge is -2.32. The predicted octanol–water partition coefficient (Wildman–Crippen LogP) is 2.31. The van der Waals surface area contributed by atoms with Crippen LogP contribution in [0.3, 0.4) is 0 Å². The molecule has 6 nitrogen and oxygen atoms in total. The summed E-state index contributed by atoms with van der Waals surface area (Å²) in [6.45, 7) is 4.24. The fraction of sp³-hybridized carbons (Fsp3) is 0.562. The zero-order chi connectivity index (χ0) is 16.2. The second kappa shape index (κ2) is 7.23. The minimum absolute atomic E-state index is 0.157.